The number of nitrogens with one attached hydrogen (secondary N) is 1. The number of hydrogen-bond donors (Lipinski definition) is 1. The number of anilines is 1. The lowest BCUT2D eigenvalue weighted by atomic mass is 10.0. The number of benzene rings is 3. The summed E-state index contributed by atoms with van der Waals surface area (Å²) in [7, 11) is -3.79. The van der Waals surface area contributed by atoms with Crippen LogP contribution in [-0.4, -0.2) is 50.5 Å². The highest BCUT2D eigenvalue weighted by Gasteiger charge is 2.32. The first kappa shape index (κ1) is 28.4. The molecule has 9 heteroatoms. The highest BCUT2D eigenvalue weighted by atomic mass is 79.9. The fourth-order valence-corrected chi connectivity index (χ4v) is 5.11. The first-order chi connectivity index (χ1) is 17.6. The van der Waals surface area contributed by atoms with E-state index in [4.69, 9.17) is 0 Å². The molecule has 0 bridgehead atoms. The summed E-state index contributed by atoms with van der Waals surface area (Å²) in [6.45, 7) is 3.80. The molecule has 7 nitrogen and oxygen atoms in total. The van der Waals surface area contributed by atoms with Gasteiger partial charge in [-0.2, -0.15) is 0 Å². The van der Waals surface area contributed by atoms with Crippen LogP contribution in [-0.2, 0) is 32.6 Å². The molecule has 0 unspecified atom stereocenters. The number of aryl methyl sites for hydroxylation is 1. The van der Waals surface area contributed by atoms with Gasteiger partial charge in [-0.15, -0.1) is 0 Å². The number of likely N-dealkylation sites (N-methyl/N-ethyl adjacent to an activating group) is 1. The molecule has 196 valence electrons. The summed E-state index contributed by atoms with van der Waals surface area (Å²) >= 11 is 3.43. The quantitative estimate of drug-likeness (QED) is 0.363. The minimum absolute atomic E-state index is 0.158. The second-order valence-corrected chi connectivity index (χ2v) is 11.6. The number of carbonyl (C=O) groups excluding carboxylic acids is 2. The molecule has 1 atom stereocenters. The Balaban J connectivity index is 2.03. The monoisotopic (exact) mass is 585 g/mol. The molecule has 0 fully saturated rings. The molecule has 0 saturated carbocycles. The zero-order chi connectivity index (χ0) is 27.0. The standard InChI is InChI=1S/C28H32BrN3O4S/c1-4-30-28(34)26(18-22-11-7-5-8-12-22)31(19-23-13-9-6-10-14-23)27(33)20-32(37(3,35)36)24-15-16-25(29)21(2)17-24/h5-17,26H,4,18-20H2,1-3H3,(H,30,34)/t26-/m1/s1. The van der Waals surface area contributed by atoms with E-state index >= 15 is 0 Å². The van der Waals surface area contributed by atoms with E-state index in [9.17, 15) is 18.0 Å². The molecule has 3 rings (SSSR count). The van der Waals surface area contributed by atoms with Crippen molar-refractivity contribution < 1.29 is 18.0 Å². The highest BCUT2D eigenvalue weighted by Crippen LogP contribution is 2.25. The van der Waals surface area contributed by atoms with Crippen molar-refractivity contribution in [2.75, 3.05) is 23.7 Å². The van der Waals surface area contributed by atoms with Crippen molar-refractivity contribution in [3.63, 3.8) is 0 Å². The van der Waals surface area contributed by atoms with Gasteiger partial charge in [0.1, 0.15) is 12.6 Å². The third-order valence-electron chi connectivity index (χ3n) is 5.93. The molecule has 3 aromatic rings. The molecule has 0 heterocycles. The van der Waals surface area contributed by atoms with Gasteiger partial charge in [0.2, 0.25) is 21.8 Å². The van der Waals surface area contributed by atoms with Crippen molar-refractivity contribution in [1.82, 2.24) is 10.2 Å². The van der Waals surface area contributed by atoms with Crippen LogP contribution < -0.4 is 9.62 Å². The van der Waals surface area contributed by atoms with Crippen LogP contribution in [0.3, 0.4) is 0 Å². The van der Waals surface area contributed by atoms with Gasteiger partial charge in [-0.25, -0.2) is 8.42 Å². The normalized spacial score (nSPS) is 12.0. The van der Waals surface area contributed by atoms with Crippen molar-refractivity contribution in [3.8, 4) is 0 Å². The van der Waals surface area contributed by atoms with Gasteiger partial charge in [0.15, 0.2) is 0 Å². The number of carbonyl (C=O) groups is 2. The van der Waals surface area contributed by atoms with Crippen LogP contribution in [0.1, 0.15) is 23.6 Å². The van der Waals surface area contributed by atoms with Gasteiger partial charge >= 0.3 is 0 Å². The van der Waals surface area contributed by atoms with Crippen LogP contribution in [0.2, 0.25) is 0 Å². The summed E-state index contributed by atoms with van der Waals surface area (Å²) < 4.78 is 27.5. The van der Waals surface area contributed by atoms with Gasteiger partial charge in [-0.3, -0.25) is 13.9 Å². The molecule has 3 aromatic carbocycles. The van der Waals surface area contributed by atoms with E-state index in [1.165, 1.54) is 4.90 Å². The second kappa shape index (κ2) is 12.9. The van der Waals surface area contributed by atoms with Crippen LogP contribution in [0.25, 0.3) is 0 Å². The summed E-state index contributed by atoms with van der Waals surface area (Å²) in [6.07, 6.45) is 1.37. The predicted octanol–water partition coefficient (Wildman–Crippen LogP) is 4.30. The van der Waals surface area contributed by atoms with E-state index in [1.807, 2.05) is 74.5 Å². The molecule has 0 aliphatic heterocycles. The molecule has 0 aromatic heterocycles. The maximum absolute atomic E-state index is 13.9. The van der Waals surface area contributed by atoms with Crippen molar-refractivity contribution in [3.05, 3.63) is 100 Å². The Kier molecular flexibility index (Phi) is 9.88. The Hall–Kier alpha value is -3.17. The van der Waals surface area contributed by atoms with Crippen LogP contribution in [0.15, 0.2) is 83.3 Å². The Morgan fingerprint density at radius 2 is 1.54 bits per heavy atom. The third kappa shape index (κ3) is 7.90. The van der Waals surface area contributed by atoms with E-state index in [1.54, 1.807) is 18.2 Å². The topological polar surface area (TPSA) is 86.8 Å². The Labute approximate surface area is 227 Å². The summed E-state index contributed by atoms with van der Waals surface area (Å²) in [6, 6.07) is 23.1. The van der Waals surface area contributed by atoms with E-state index in [-0.39, 0.29) is 12.5 Å². The van der Waals surface area contributed by atoms with E-state index < -0.39 is 28.5 Å². The molecule has 0 aliphatic carbocycles. The molecule has 0 saturated heterocycles. The number of sulfonamides is 1. The largest absolute Gasteiger partial charge is 0.355 e. The number of hydrogen-bond acceptors (Lipinski definition) is 4. The van der Waals surface area contributed by atoms with Crippen LogP contribution in [0.4, 0.5) is 5.69 Å². The fourth-order valence-electron chi connectivity index (χ4n) is 4.02. The van der Waals surface area contributed by atoms with E-state index in [2.05, 4.69) is 21.2 Å². The minimum atomic E-state index is -3.79. The van der Waals surface area contributed by atoms with Gasteiger partial charge < -0.3 is 10.2 Å². The zero-order valence-electron chi connectivity index (χ0n) is 21.2. The summed E-state index contributed by atoms with van der Waals surface area (Å²) in [5.41, 5.74) is 2.95. The van der Waals surface area contributed by atoms with Crippen LogP contribution in [0.5, 0.6) is 0 Å². The van der Waals surface area contributed by atoms with Crippen LogP contribution in [0, 0.1) is 6.92 Å². The lowest BCUT2D eigenvalue weighted by Crippen LogP contribution is -2.53. The maximum Gasteiger partial charge on any atom is 0.244 e. The molecule has 1 N–H and O–H groups in total. The number of rotatable bonds is 11. The molecule has 0 radical (unpaired) electrons. The predicted molar refractivity (Wildman–Crippen MR) is 151 cm³/mol. The number of amides is 2. The van der Waals surface area contributed by atoms with Crippen molar-refractivity contribution >= 4 is 43.5 Å². The van der Waals surface area contributed by atoms with Gasteiger partial charge in [0, 0.05) is 24.0 Å². The number of halogens is 1. The molecular weight excluding hydrogens is 554 g/mol. The lowest BCUT2D eigenvalue weighted by Gasteiger charge is -2.33. The van der Waals surface area contributed by atoms with Gasteiger partial charge in [-0.05, 0) is 48.7 Å². The minimum Gasteiger partial charge on any atom is -0.355 e. The SMILES string of the molecule is CCNC(=O)[C@@H](Cc1ccccc1)N(Cc1ccccc1)C(=O)CN(c1ccc(Br)c(C)c1)S(C)(=O)=O. The molecule has 2 amide bonds. The van der Waals surface area contributed by atoms with Gasteiger partial charge in [-0.1, -0.05) is 76.6 Å². The van der Waals surface area contributed by atoms with Gasteiger partial charge in [0.05, 0.1) is 11.9 Å². The zero-order valence-corrected chi connectivity index (χ0v) is 23.6. The highest BCUT2D eigenvalue weighted by molar-refractivity contribution is 9.10. The number of nitrogens with zero attached hydrogens (tertiary/aromatic N) is 2. The fraction of sp³-hybridized carbons (Fsp3) is 0.286. The lowest BCUT2D eigenvalue weighted by molar-refractivity contribution is -0.140. The second-order valence-electron chi connectivity index (χ2n) is 8.81. The maximum atomic E-state index is 13.9. The Morgan fingerprint density at radius 1 is 0.946 bits per heavy atom. The third-order valence-corrected chi connectivity index (χ3v) is 7.96. The van der Waals surface area contributed by atoms with Crippen molar-refractivity contribution in [2.24, 2.45) is 0 Å². The molecular formula is C28H32BrN3O4S. The average molecular weight is 587 g/mol. The first-order valence-corrected chi connectivity index (χ1v) is 14.6. The van der Waals surface area contributed by atoms with Gasteiger partial charge in [0.25, 0.3) is 0 Å². The van der Waals surface area contributed by atoms with E-state index in [0.29, 0.717) is 18.7 Å². The van der Waals surface area contributed by atoms with Crippen LogP contribution >= 0.6 is 15.9 Å². The summed E-state index contributed by atoms with van der Waals surface area (Å²) in [5, 5.41) is 2.85. The van der Waals surface area contributed by atoms with Crippen molar-refractivity contribution in [2.45, 2.75) is 32.9 Å². The van der Waals surface area contributed by atoms with Crippen molar-refractivity contribution in [1.29, 1.82) is 0 Å². The Bertz CT molecular complexity index is 1320. The average Bonchev–Trinajstić information content (AvgIpc) is 2.87. The molecule has 37 heavy (non-hydrogen) atoms. The smallest absolute Gasteiger partial charge is 0.244 e. The molecule has 0 spiro atoms. The van der Waals surface area contributed by atoms with E-state index in [0.717, 1.165) is 31.7 Å². The Morgan fingerprint density at radius 3 is 2.08 bits per heavy atom. The summed E-state index contributed by atoms with van der Waals surface area (Å²) in [5.74, 6) is -0.761. The molecule has 0 aliphatic rings. The summed E-state index contributed by atoms with van der Waals surface area (Å²) in [4.78, 5) is 28.7. The first-order valence-electron chi connectivity index (χ1n) is 12.0.